The number of carbonyl (C=O) groups is 1. The quantitative estimate of drug-likeness (QED) is 0.575. The molecule has 0 aliphatic carbocycles. The van der Waals surface area contributed by atoms with Gasteiger partial charge in [-0.2, -0.15) is 4.68 Å². The first-order chi connectivity index (χ1) is 13.1. The second-order valence-corrected chi connectivity index (χ2v) is 6.91. The van der Waals surface area contributed by atoms with Crippen LogP contribution >= 0.6 is 12.2 Å². The summed E-state index contributed by atoms with van der Waals surface area (Å²) in [6, 6.07) is 7.60. The predicted molar refractivity (Wildman–Crippen MR) is 102 cm³/mol. The fourth-order valence-corrected chi connectivity index (χ4v) is 3.46. The molecule has 0 radical (unpaired) electrons. The molecule has 0 spiro atoms. The number of nitrogens with zero attached hydrogens (tertiary/aromatic N) is 2. The van der Waals surface area contributed by atoms with Crippen LogP contribution in [0.3, 0.4) is 0 Å². The van der Waals surface area contributed by atoms with Crippen molar-refractivity contribution in [1.82, 2.24) is 9.78 Å². The summed E-state index contributed by atoms with van der Waals surface area (Å²) < 4.78 is 18.0. The van der Waals surface area contributed by atoms with E-state index in [1.54, 1.807) is 4.68 Å². The first kappa shape index (κ1) is 19.6. The lowest BCUT2D eigenvalue weighted by atomic mass is 9.97. The van der Waals surface area contributed by atoms with E-state index < -0.39 is 0 Å². The highest BCUT2D eigenvalue weighted by Crippen LogP contribution is 2.21. The Morgan fingerprint density at radius 3 is 2.59 bits per heavy atom. The Bertz CT molecular complexity index is 807. The van der Waals surface area contributed by atoms with Crippen LogP contribution in [0.25, 0.3) is 11.5 Å². The Morgan fingerprint density at radius 2 is 1.96 bits per heavy atom. The zero-order valence-corrected chi connectivity index (χ0v) is 16.6. The molecule has 0 amide bonds. The molecule has 0 unspecified atom stereocenters. The summed E-state index contributed by atoms with van der Waals surface area (Å²) >= 11 is 5.33. The Balaban J connectivity index is 1.61. The van der Waals surface area contributed by atoms with Gasteiger partial charge in [-0.1, -0.05) is 0 Å². The van der Waals surface area contributed by atoms with Crippen LogP contribution in [-0.2, 0) is 16.2 Å². The van der Waals surface area contributed by atoms with Crippen molar-refractivity contribution < 1.29 is 23.6 Å². The molecule has 0 bridgehead atoms. The van der Waals surface area contributed by atoms with Crippen molar-refractivity contribution >= 4 is 18.2 Å². The van der Waals surface area contributed by atoms with E-state index in [0.29, 0.717) is 30.6 Å². The normalized spacial score (nSPS) is 19.6. The van der Waals surface area contributed by atoms with E-state index in [-0.39, 0.29) is 11.9 Å². The Kier molecular flexibility index (Phi) is 6.63. The molecule has 0 atom stereocenters. The lowest BCUT2D eigenvalue weighted by Crippen LogP contribution is -3.12. The topological polar surface area (TPSA) is 70.9 Å². The van der Waals surface area contributed by atoms with Gasteiger partial charge >= 0.3 is 5.97 Å². The van der Waals surface area contributed by atoms with Gasteiger partial charge in [0.05, 0.1) is 32.2 Å². The third-order valence-electron chi connectivity index (χ3n) is 4.70. The van der Waals surface area contributed by atoms with Crippen molar-refractivity contribution in [3.05, 3.63) is 29.1 Å². The first-order valence-corrected chi connectivity index (χ1v) is 9.83. The minimum Gasteiger partial charge on any atom is -0.494 e. The lowest BCUT2D eigenvalue weighted by Gasteiger charge is -2.27. The van der Waals surface area contributed by atoms with Crippen molar-refractivity contribution in [2.24, 2.45) is 5.92 Å². The summed E-state index contributed by atoms with van der Waals surface area (Å²) in [6.07, 6.45) is 1.65. The van der Waals surface area contributed by atoms with E-state index in [2.05, 4.69) is 5.10 Å². The molecular weight excluding hydrogens is 366 g/mol. The van der Waals surface area contributed by atoms with Gasteiger partial charge in [-0.3, -0.25) is 4.79 Å². The van der Waals surface area contributed by atoms with E-state index >= 15 is 0 Å². The maximum atomic E-state index is 11.9. The molecule has 146 valence electrons. The van der Waals surface area contributed by atoms with E-state index in [9.17, 15) is 4.79 Å². The second kappa shape index (κ2) is 9.14. The molecule has 3 rings (SSSR count). The maximum Gasteiger partial charge on any atom is 0.309 e. The summed E-state index contributed by atoms with van der Waals surface area (Å²) in [5, 5.41) is 4.53. The number of hydrogen-bond acceptors (Lipinski definition) is 6. The third-order valence-corrected chi connectivity index (χ3v) is 5.00. The molecule has 1 N–H and O–H groups in total. The number of hydrogen-bond donors (Lipinski definition) is 1. The maximum absolute atomic E-state index is 11.9. The Morgan fingerprint density at radius 1 is 1.26 bits per heavy atom. The van der Waals surface area contributed by atoms with Gasteiger partial charge in [0, 0.05) is 18.4 Å². The summed E-state index contributed by atoms with van der Waals surface area (Å²) in [4.78, 5) is 13.5. The van der Waals surface area contributed by atoms with Crippen molar-refractivity contribution in [3.63, 3.8) is 0 Å². The number of carbonyl (C=O) groups excluding carboxylic acids is 1. The van der Waals surface area contributed by atoms with E-state index in [1.165, 1.54) is 4.90 Å². The SMILES string of the molecule is CCOC(=O)C1CC[NH+](Cn2nc(-c3ccc(OCC)cc3)oc2=S)CC1. The van der Waals surface area contributed by atoms with Crippen molar-refractivity contribution in [2.75, 3.05) is 26.3 Å². The van der Waals surface area contributed by atoms with Crippen LogP contribution in [-0.4, -0.2) is 42.1 Å². The van der Waals surface area contributed by atoms with E-state index in [0.717, 1.165) is 37.2 Å². The summed E-state index contributed by atoms with van der Waals surface area (Å²) in [7, 11) is 0. The van der Waals surface area contributed by atoms with Crippen LogP contribution in [0.15, 0.2) is 28.7 Å². The van der Waals surface area contributed by atoms with Crippen LogP contribution in [0, 0.1) is 10.8 Å². The van der Waals surface area contributed by atoms with Gasteiger partial charge in [0.2, 0.25) is 5.89 Å². The minimum absolute atomic E-state index is 0.0124. The van der Waals surface area contributed by atoms with E-state index in [1.807, 2.05) is 38.1 Å². The van der Waals surface area contributed by atoms with Gasteiger partial charge < -0.3 is 18.8 Å². The fraction of sp³-hybridized carbons (Fsp3) is 0.526. The van der Waals surface area contributed by atoms with Gasteiger partial charge in [-0.25, -0.2) is 0 Å². The number of ether oxygens (including phenoxy) is 2. The van der Waals surface area contributed by atoms with Crippen LogP contribution in [0.5, 0.6) is 5.75 Å². The van der Waals surface area contributed by atoms with Crippen LogP contribution < -0.4 is 9.64 Å². The zero-order chi connectivity index (χ0) is 19.2. The summed E-state index contributed by atoms with van der Waals surface area (Å²) in [5.41, 5.74) is 0.860. The number of aromatic nitrogens is 2. The standard InChI is InChI=1S/C19H25N3O4S/c1-3-24-16-7-5-14(6-8-16)17-20-22(19(27)26-17)13-21-11-9-15(10-12-21)18(23)25-4-2/h5-8,15H,3-4,9-13H2,1-2H3/p+1. The van der Waals surface area contributed by atoms with Gasteiger partial charge in [0.15, 0.2) is 6.67 Å². The molecule has 1 aliphatic rings. The summed E-state index contributed by atoms with van der Waals surface area (Å²) in [6.45, 7) is 7.26. The molecule has 1 aromatic heterocycles. The highest BCUT2D eigenvalue weighted by Gasteiger charge is 2.29. The molecule has 1 aliphatic heterocycles. The number of likely N-dealkylation sites (tertiary alicyclic amines) is 1. The highest BCUT2D eigenvalue weighted by atomic mass is 32.1. The number of piperidine rings is 1. The van der Waals surface area contributed by atoms with Crippen LogP contribution in [0.2, 0.25) is 0 Å². The fourth-order valence-electron chi connectivity index (χ4n) is 3.28. The molecule has 27 heavy (non-hydrogen) atoms. The molecule has 7 nitrogen and oxygen atoms in total. The number of rotatable bonds is 7. The first-order valence-electron chi connectivity index (χ1n) is 9.42. The molecule has 8 heteroatoms. The zero-order valence-electron chi connectivity index (χ0n) is 15.8. The molecule has 2 heterocycles. The smallest absolute Gasteiger partial charge is 0.309 e. The molecule has 1 fully saturated rings. The van der Waals surface area contributed by atoms with Crippen LogP contribution in [0.1, 0.15) is 26.7 Å². The van der Waals surface area contributed by atoms with Crippen molar-refractivity contribution in [3.8, 4) is 17.2 Å². The van der Waals surface area contributed by atoms with Crippen LogP contribution in [0.4, 0.5) is 0 Å². The number of quaternary nitrogens is 1. The van der Waals surface area contributed by atoms with Crippen molar-refractivity contribution in [1.29, 1.82) is 0 Å². The Hall–Kier alpha value is -2.19. The molecule has 0 saturated carbocycles. The van der Waals surface area contributed by atoms with Gasteiger partial charge in [-0.05, 0) is 50.3 Å². The number of benzene rings is 1. The van der Waals surface area contributed by atoms with Crippen molar-refractivity contribution in [2.45, 2.75) is 33.4 Å². The molecule has 2 aromatic rings. The lowest BCUT2D eigenvalue weighted by molar-refractivity contribution is -0.929. The summed E-state index contributed by atoms with van der Waals surface area (Å²) in [5.74, 6) is 1.25. The Labute approximate surface area is 163 Å². The molecule has 1 aromatic carbocycles. The minimum atomic E-state index is -0.0765. The monoisotopic (exact) mass is 392 g/mol. The highest BCUT2D eigenvalue weighted by molar-refractivity contribution is 7.71. The average Bonchev–Trinajstić information content (AvgIpc) is 3.04. The third kappa shape index (κ3) is 4.95. The molecule has 1 saturated heterocycles. The van der Waals surface area contributed by atoms with Gasteiger partial charge in [0.25, 0.3) is 4.84 Å². The second-order valence-electron chi connectivity index (χ2n) is 6.56. The predicted octanol–water partition coefficient (Wildman–Crippen LogP) is 2.09. The average molecular weight is 393 g/mol. The van der Waals surface area contributed by atoms with Gasteiger partial charge in [-0.15, -0.1) is 5.10 Å². The number of esters is 1. The molecular formula is C19H26N3O4S+. The largest absolute Gasteiger partial charge is 0.494 e. The number of nitrogens with one attached hydrogen (secondary N) is 1. The van der Waals surface area contributed by atoms with E-state index in [4.69, 9.17) is 26.1 Å². The van der Waals surface area contributed by atoms with Gasteiger partial charge in [0.1, 0.15) is 5.75 Å².